The Labute approximate surface area is 110 Å². The fraction of sp³-hybridized carbons (Fsp3) is 0.643. The second-order valence-electron chi connectivity index (χ2n) is 4.85. The Bertz CT molecular complexity index is 374. The lowest BCUT2D eigenvalue weighted by Crippen LogP contribution is -2.36. The number of hydrogen-bond donors (Lipinski definition) is 0. The van der Waals surface area contributed by atoms with Crippen LogP contribution in [0.1, 0.15) is 31.3 Å². The summed E-state index contributed by atoms with van der Waals surface area (Å²) in [6, 6.07) is 3.83. The third kappa shape index (κ3) is 4.92. The van der Waals surface area contributed by atoms with Gasteiger partial charge in [-0.05, 0) is 39.1 Å². The lowest BCUT2D eigenvalue weighted by atomic mass is 10.3. The van der Waals surface area contributed by atoms with E-state index < -0.39 is 0 Å². The van der Waals surface area contributed by atoms with E-state index in [0.717, 1.165) is 30.9 Å². The molecule has 0 saturated carbocycles. The standard InChI is InChI=1S/C14H24N2O2/c1-5-6-9-15(3)11-14(17)16(4)10-13-8-7-12(2)18-13/h7-8H,5-6,9-11H2,1-4H3. The molecule has 0 saturated heterocycles. The molecule has 0 aromatic carbocycles. The summed E-state index contributed by atoms with van der Waals surface area (Å²) in [4.78, 5) is 15.7. The number of carbonyl (C=O) groups is 1. The number of amides is 1. The maximum Gasteiger partial charge on any atom is 0.236 e. The van der Waals surface area contributed by atoms with Crippen molar-refractivity contribution in [1.82, 2.24) is 9.80 Å². The summed E-state index contributed by atoms with van der Waals surface area (Å²) < 4.78 is 5.47. The molecular weight excluding hydrogens is 228 g/mol. The van der Waals surface area contributed by atoms with Crippen molar-refractivity contribution in [2.45, 2.75) is 33.2 Å². The van der Waals surface area contributed by atoms with Gasteiger partial charge in [0.1, 0.15) is 11.5 Å². The molecular formula is C14H24N2O2. The van der Waals surface area contributed by atoms with Crippen LogP contribution in [0.2, 0.25) is 0 Å². The Kier molecular flexibility index (Phi) is 5.92. The average molecular weight is 252 g/mol. The predicted molar refractivity (Wildman–Crippen MR) is 72.3 cm³/mol. The molecule has 0 unspecified atom stereocenters. The SMILES string of the molecule is CCCCN(C)CC(=O)N(C)Cc1ccc(C)o1. The molecule has 0 fully saturated rings. The van der Waals surface area contributed by atoms with Gasteiger partial charge in [-0.3, -0.25) is 9.69 Å². The van der Waals surface area contributed by atoms with Gasteiger partial charge in [0.05, 0.1) is 13.1 Å². The summed E-state index contributed by atoms with van der Waals surface area (Å²) in [5.74, 6) is 1.84. The van der Waals surface area contributed by atoms with Crippen LogP contribution in [0.15, 0.2) is 16.5 Å². The maximum absolute atomic E-state index is 12.0. The van der Waals surface area contributed by atoms with Crippen LogP contribution in [0.25, 0.3) is 0 Å². The number of furan rings is 1. The molecule has 18 heavy (non-hydrogen) atoms. The van der Waals surface area contributed by atoms with Crippen LogP contribution >= 0.6 is 0 Å². The van der Waals surface area contributed by atoms with E-state index in [1.54, 1.807) is 4.90 Å². The van der Waals surface area contributed by atoms with Crippen LogP contribution < -0.4 is 0 Å². The van der Waals surface area contributed by atoms with Gasteiger partial charge in [-0.25, -0.2) is 0 Å². The Morgan fingerprint density at radius 2 is 2.06 bits per heavy atom. The summed E-state index contributed by atoms with van der Waals surface area (Å²) >= 11 is 0. The number of nitrogens with zero attached hydrogens (tertiary/aromatic N) is 2. The first kappa shape index (κ1) is 14.8. The van der Waals surface area contributed by atoms with Crippen LogP contribution in [0.3, 0.4) is 0 Å². The highest BCUT2D eigenvalue weighted by molar-refractivity contribution is 5.77. The summed E-state index contributed by atoms with van der Waals surface area (Å²) in [7, 11) is 3.80. The van der Waals surface area contributed by atoms with Crippen molar-refractivity contribution in [3.8, 4) is 0 Å². The van der Waals surface area contributed by atoms with Gasteiger partial charge in [-0.1, -0.05) is 13.3 Å². The molecule has 1 rings (SSSR count). The second-order valence-corrected chi connectivity index (χ2v) is 4.85. The largest absolute Gasteiger partial charge is 0.464 e. The molecule has 0 aliphatic heterocycles. The highest BCUT2D eigenvalue weighted by atomic mass is 16.3. The van der Waals surface area contributed by atoms with Gasteiger partial charge in [0.2, 0.25) is 5.91 Å². The van der Waals surface area contributed by atoms with E-state index in [9.17, 15) is 4.79 Å². The highest BCUT2D eigenvalue weighted by Gasteiger charge is 2.13. The summed E-state index contributed by atoms with van der Waals surface area (Å²) in [6.45, 7) is 6.03. The molecule has 0 spiro atoms. The first-order valence-electron chi connectivity index (χ1n) is 6.50. The molecule has 1 aromatic rings. The number of unbranched alkanes of at least 4 members (excludes halogenated alkanes) is 1. The molecule has 0 bridgehead atoms. The van der Waals surface area contributed by atoms with Crippen molar-refractivity contribution < 1.29 is 9.21 Å². The van der Waals surface area contributed by atoms with E-state index in [4.69, 9.17) is 4.42 Å². The van der Waals surface area contributed by atoms with Crippen LogP contribution in [-0.2, 0) is 11.3 Å². The van der Waals surface area contributed by atoms with Crippen LogP contribution in [0.5, 0.6) is 0 Å². The molecule has 102 valence electrons. The zero-order chi connectivity index (χ0) is 13.5. The minimum Gasteiger partial charge on any atom is -0.464 e. The van der Waals surface area contributed by atoms with Gasteiger partial charge in [-0.15, -0.1) is 0 Å². The van der Waals surface area contributed by atoms with E-state index in [1.165, 1.54) is 0 Å². The van der Waals surface area contributed by atoms with Crippen molar-refractivity contribution in [2.75, 3.05) is 27.2 Å². The number of aryl methyl sites for hydroxylation is 1. The topological polar surface area (TPSA) is 36.7 Å². The van der Waals surface area contributed by atoms with E-state index in [2.05, 4.69) is 11.8 Å². The monoisotopic (exact) mass is 252 g/mol. The van der Waals surface area contributed by atoms with Gasteiger partial charge in [0.15, 0.2) is 0 Å². The molecule has 0 N–H and O–H groups in total. The van der Waals surface area contributed by atoms with Crippen molar-refractivity contribution in [1.29, 1.82) is 0 Å². The molecule has 0 aliphatic rings. The maximum atomic E-state index is 12.0. The first-order chi connectivity index (χ1) is 8.52. The quantitative estimate of drug-likeness (QED) is 0.747. The van der Waals surface area contributed by atoms with E-state index in [-0.39, 0.29) is 5.91 Å². The molecule has 0 radical (unpaired) electrons. The fourth-order valence-electron chi connectivity index (χ4n) is 1.75. The Balaban J connectivity index is 2.36. The third-order valence-corrected chi connectivity index (χ3v) is 2.91. The van der Waals surface area contributed by atoms with Gasteiger partial charge in [0, 0.05) is 7.05 Å². The van der Waals surface area contributed by atoms with E-state index >= 15 is 0 Å². The second kappa shape index (κ2) is 7.21. The van der Waals surface area contributed by atoms with Crippen LogP contribution in [0.4, 0.5) is 0 Å². The Morgan fingerprint density at radius 3 is 2.61 bits per heavy atom. The van der Waals surface area contributed by atoms with Gasteiger partial charge in [0.25, 0.3) is 0 Å². The smallest absolute Gasteiger partial charge is 0.236 e. The Morgan fingerprint density at radius 1 is 1.33 bits per heavy atom. The summed E-state index contributed by atoms with van der Waals surface area (Å²) in [5, 5.41) is 0. The van der Waals surface area contributed by atoms with Crippen LogP contribution in [-0.4, -0.2) is 42.9 Å². The lowest BCUT2D eigenvalue weighted by molar-refractivity contribution is -0.131. The number of rotatable bonds is 7. The summed E-state index contributed by atoms with van der Waals surface area (Å²) in [6.07, 6.45) is 2.28. The fourth-order valence-corrected chi connectivity index (χ4v) is 1.75. The minimum absolute atomic E-state index is 0.127. The first-order valence-corrected chi connectivity index (χ1v) is 6.50. The zero-order valence-corrected chi connectivity index (χ0v) is 11.9. The number of carbonyl (C=O) groups excluding carboxylic acids is 1. The molecule has 1 aromatic heterocycles. The lowest BCUT2D eigenvalue weighted by Gasteiger charge is -2.21. The van der Waals surface area contributed by atoms with Gasteiger partial charge in [-0.2, -0.15) is 0 Å². The Hall–Kier alpha value is -1.29. The van der Waals surface area contributed by atoms with Crippen molar-refractivity contribution in [2.24, 2.45) is 0 Å². The zero-order valence-electron chi connectivity index (χ0n) is 11.9. The van der Waals surface area contributed by atoms with E-state index in [1.807, 2.05) is 33.2 Å². The minimum atomic E-state index is 0.127. The third-order valence-electron chi connectivity index (χ3n) is 2.91. The number of likely N-dealkylation sites (N-methyl/N-ethyl adjacent to an activating group) is 2. The predicted octanol–water partition coefficient (Wildman–Crippen LogP) is 2.28. The van der Waals surface area contributed by atoms with Crippen molar-refractivity contribution in [3.05, 3.63) is 23.7 Å². The van der Waals surface area contributed by atoms with Crippen molar-refractivity contribution >= 4 is 5.91 Å². The summed E-state index contributed by atoms with van der Waals surface area (Å²) in [5.41, 5.74) is 0. The van der Waals surface area contributed by atoms with Crippen LogP contribution in [0, 0.1) is 6.92 Å². The molecule has 0 atom stereocenters. The van der Waals surface area contributed by atoms with Gasteiger partial charge >= 0.3 is 0 Å². The molecule has 4 heteroatoms. The molecule has 0 aliphatic carbocycles. The van der Waals surface area contributed by atoms with Crippen molar-refractivity contribution in [3.63, 3.8) is 0 Å². The normalized spacial score (nSPS) is 10.9. The number of hydrogen-bond acceptors (Lipinski definition) is 3. The molecule has 1 heterocycles. The highest BCUT2D eigenvalue weighted by Crippen LogP contribution is 2.08. The van der Waals surface area contributed by atoms with E-state index in [0.29, 0.717) is 13.1 Å². The molecule has 1 amide bonds. The van der Waals surface area contributed by atoms with Gasteiger partial charge < -0.3 is 9.32 Å². The molecule has 4 nitrogen and oxygen atoms in total. The average Bonchev–Trinajstić information content (AvgIpc) is 2.72.